The molecule has 1 aliphatic heterocycles. The number of benzene rings is 1. The molecule has 0 spiro atoms. The predicted octanol–water partition coefficient (Wildman–Crippen LogP) is 4.28. The lowest BCUT2D eigenvalue weighted by Gasteiger charge is -2.48. The third-order valence-electron chi connectivity index (χ3n) is 8.26. The SMILES string of the molecule is CC(C)n1ncc(S(=O)(=O)N2CCC3Cc4c(cnn4-c4ccc(F)cc4)CC3(C(=O)c3cc(C(F)(F)F)ccn3)C2)n1. The summed E-state index contributed by atoms with van der Waals surface area (Å²) in [4.78, 5) is 19.6. The van der Waals surface area contributed by atoms with Crippen molar-refractivity contribution in [3.63, 3.8) is 0 Å². The van der Waals surface area contributed by atoms with Gasteiger partial charge < -0.3 is 0 Å². The molecule has 1 aliphatic carbocycles. The Kier molecular flexibility index (Phi) is 6.99. The number of ketones is 1. The van der Waals surface area contributed by atoms with Crippen molar-refractivity contribution in [1.82, 2.24) is 34.1 Å². The second-order valence-corrected chi connectivity index (χ2v) is 13.1. The lowest BCUT2D eigenvalue weighted by Crippen LogP contribution is -2.57. The predicted molar refractivity (Wildman–Crippen MR) is 144 cm³/mol. The summed E-state index contributed by atoms with van der Waals surface area (Å²) < 4.78 is 84.6. The van der Waals surface area contributed by atoms with E-state index in [0.717, 1.165) is 24.2 Å². The number of alkyl halides is 3. The molecular weight excluding hydrogens is 590 g/mol. The topological polar surface area (TPSA) is 116 Å². The van der Waals surface area contributed by atoms with Gasteiger partial charge in [0.15, 0.2) is 5.78 Å². The van der Waals surface area contributed by atoms with Gasteiger partial charge in [0, 0.05) is 25.0 Å². The van der Waals surface area contributed by atoms with Gasteiger partial charge in [0.1, 0.15) is 11.5 Å². The number of halogens is 4. The minimum atomic E-state index is -4.70. The molecule has 3 aromatic heterocycles. The van der Waals surface area contributed by atoms with E-state index < -0.39 is 44.7 Å². The van der Waals surface area contributed by atoms with Gasteiger partial charge in [-0.3, -0.25) is 9.78 Å². The van der Waals surface area contributed by atoms with Gasteiger partial charge in [-0.1, -0.05) is 0 Å². The van der Waals surface area contributed by atoms with Gasteiger partial charge >= 0.3 is 6.18 Å². The summed E-state index contributed by atoms with van der Waals surface area (Å²) in [6.07, 6.45) is -0.485. The average Bonchev–Trinajstić information content (AvgIpc) is 3.64. The van der Waals surface area contributed by atoms with Crippen molar-refractivity contribution < 1.29 is 30.8 Å². The van der Waals surface area contributed by atoms with Crippen molar-refractivity contribution >= 4 is 15.8 Å². The van der Waals surface area contributed by atoms with Crippen LogP contribution in [0.3, 0.4) is 0 Å². The first kappa shape index (κ1) is 29.1. The summed E-state index contributed by atoms with van der Waals surface area (Å²) in [5, 5.41) is 12.3. The lowest BCUT2D eigenvalue weighted by molar-refractivity contribution is -0.137. The van der Waals surface area contributed by atoms with E-state index in [9.17, 15) is 30.8 Å². The molecule has 43 heavy (non-hydrogen) atoms. The Morgan fingerprint density at radius 1 is 1.09 bits per heavy atom. The van der Waals surface area contributed by atoms with Crippen molar-refractivity contribution in [2.75, 3.05) is 13.1 Å². The fourth-order valence-corrected chi connectivity index (χ4v) is 7.41. The summed E-state index contributed by atoms with van der Waals surface area (Å²) in [6.45, 7) is 3.37. The zero-order chi connectivity index (χ0) is 30.7. The number of hydrogen-bond acceptors (Lipinski definition) is 7. The highest BCUT2D eigenvalue weighted by Gasteiger charge is 2.55. The maximum Gasteiger partial charge on any atom is 0.416 e. The van der Waals surface area contributed by atoms with E-state index in [4.69, 9.17) is 0 Å². The van der Waals surface area contributed by atoms with Crippen LogP contribution in [0, 0.1) is 17.2 Å². The molecular formula is C28H27F4N7O3S. The summed E-state index contributed by atoms with van der Waals surface area (Å²) in [5.41, 5.74) is -0.821. The molecule has 2 aliphatic rings. The van der Waals surface area contributed by atoms with Crippen molar-refractivity contribution in [1.29, 1.82) is 0 Å². The fourth-order valence-electron chi connectivity index (χ4n) is 6.04. The average molecular weight is 618 g/mol. The highest BCUT2D eigenvalue weighted by molar-refractivity contribution is 7.89. The number of rotatable bonds is 6. The third kappa shape index (κ3) is 5.03. The van der Waals surface area contributed by atoms with Crippen molar-refractivity contribution in [2.45, 2.75) is 50.4 Å². The first-order valence-electron chi connectivity index (χ1n) is 13.6. The number of nitrogens with zero attached hydrogens (tertiary/aromatic N) is 7. The van der Waals surface area contributed by atoms with Crippen LogP contribution in [-0.4, -0.2) is 61.4 Å². The molecule has 15 heteroatoms. The normalized spacial score (nSPS) is 21.0. The molecule has 226 valence electrons. The smallest absolute Gasteiger partial charge is 0.292 e. The Morgan fingerprint density at radius 2 is 1.84 bits per heavy atom. The van der Waals surface area contributed by atoms with E-state index in [0.29, 0.717) is 23.7 Å². The molecule has 0 radical (unpaired) electrons. The van der Waals surface area contributed by atoms with Gasteiger partial charge in [-0.25, -0.2) is 17.5 Å². The number of carbonyl (C=O) groups is 1. The molecule has 6 rings (SSSR count). The van der Waals surface area contributed by atoms with Gasteiger partial charge in [0.05, 0.1) is 35.1 Å². The number of aromatic nitrogens is 6. The van der Waals surface area contributed by atoms with E-state index in [1.165, 1.54) is 21.2 Å². The van der Waals surface area contributed by atoms with E-state index >= 15 is 0 Å². The number of hydrogen-bond donors (Lipinski definition) is 0. The standard InChI is InChI=1S/C28H27F4N7O3S/c1-17(2)39-35-15-25(36-39)43(41,42)37-10-8-19-12-24-18(14-34-38(24)22-5-3-21(29)4-6-22)13-27(19,16-37)26(40)23-11-20(7-9-33-23)28(30,31)32/h3-7,9,11,14-15,17,19H,8,10,12-13,16H2,1-2H3. The number of Topliss-reactive ketones (excluding diaryl/α,β-unsaturated/α-hetero) is 1. The van der Waals surface area contributed by atoms with Gasteiger partial charge in [-0.05, 0) is 81.0 Å². The summed E-state index contributed by atoms with van der Waals surface area (Å²) in [6, 6.07) is 7.06. The molecule has 10 nitrogen and oxygen atoms in total. The van der Waals surface area contributed by atoms with Crippen LogP contribution in [0.4, 0.5) is 17.6 Å². The first-order chi connectivity index (χ1) is 20.3. The van der Waals surface area contributed by atoms with E-state index in [2.05, 4.69) is 20.3 Å². The molecule has 0 amide bonds. The molecule has 0 N–H and O–H groups in total. The zero-order valence-electron chi connectivity index (χ0n) is 23.2. The quantitative estimate of drug-likeness (QED) is 0.234. The Labute approximate surface area is 244 Å². The minimum Gasteiger partial charge on any atom is -0.292 e. The number of piperidine rings is 1. The van der Waals surface area contributed by atoms with Crippen LogP contribution in [-0.2, 0) is 29.0 Å². The maximum atomic E-state index is 14.3. The van der Waals surface area contributed by atoms with E-state index in [1.54, 1.807) is 36.9 Å². The van der Waals surface area contributed by atoms with Gasteiger partial charge in [0.25, 0.3) is 10.0 Å². The molecule has 2 atom stereocenters. The fraction of sp³-hybridized carbons (Fsp3) is 0.393. The summed E-state index contributed by atoms with van der Waals surface area (Å²) in [5.74, 6) is -1.53. The molecule has 4 heterocycles. The Bertz CT molecular complexity index is 1800. The van der Waals surface area contributed by atoms with Gasteiger partial charge in [-0.15, -0.1) is 5.10 Å². The van der Waals surface area contributed by atoms with Crippen LogP contribution >= 0.6 is 0 Å². The van der Waals surface area contributed by atoms with Gasteiger partial charge in [0.2, 0.25) is 5.03 Å². The Balaban J connectivity index is 1.43. The number of carbonyl (C=O) groups excluding carboxylic acids is 1. The van der Waals surface area contributed by atoms with E-state index in [-0.39, 0.29) is 42.7 Å². The van der Waals surface area contributed by atoms with Crippen LogP contribution in [0.25, 0.3) is 5.69 Å². The van der Waals surface area contributed by atoms with Crippen LogP contribution in [0.2, 0.25) is 0 Å². The molecule has 1 aromatic carbocycles. The van der Waals surface area contributed by atoms with Crippen LogP contribution < -0.4 is 0 Å². The monoisotopic (exact) mass is 617 g/mol. The number of sulfonamides is 1. The van der Waals surface area contributed by atoms with Crippen molar-refractivity contribution in [2.24, 2.45) is 11.3 Å². The maximum absolute atomic E-state index is 14.3. The second kappa shape index (κ2) is 10.3. The molecule has 4 aromatic rings. The Hall–Kier alpha value is -3.98. The third-order valence-corrected chi connectivity index (χ3v) is 9.97. The largest absolute Gasteiger partial charge is 0.416 e. The molecule has 2 unspecified atom stereocenters. The van der Waals surface area contributed by atoms with Crippen LogP contribution in [0.15, 0.2) is 60.0 Å². The molecule has 1 fully saturated rings. The van der Waals surface area contributed by atoms with Crippen molar-refractivity contribution in [3.8, 4) is 5.69 Å². The number of pyridine rings is 1. The highest BCUT2D eigenvalue weighted by Crippen LogP contribution is 2.48. The molecule has 0 saturated carbocycles. The van der Waals surface area contributed by atoms with Crippen LogP contribution in [0.5, 0.6) is 0 Å². The molecule has 0 bridgehead atoms. The summed E-state index contributed by atoms with van der Waals surface area (Å²) in [7, 11) is -4.20. The zero-order valence-corrected chi connectivity index (χ0v) is 24.0. The Morgan fingerprint density at radius 3 is 2.51 bits per heavy atom. The molecule has 1 saturated heterocycles. The van der Waals surface area contributed by atoms with Crippen molar-refractivity contribution in [3.05, 3.63) is 83.3 Å². The van der Waals surface area contributed by atoms with Crippen LogP contribution in [0.1, 0.15) is 53.6 Å². The second-order valence-electron chi connectivity index (χ2n) is 11.2. The highest BCUT2D eigenvalue weighted by atomic mass is 32.2. The van der Waals surface area contributed by atoms with E-state index in [1.807, 2.05) is 0 Å². The first-order valence-corrected chi connectivity index (χ1v) is 15.1. The minimum absolute atomic E-state index is 0.0235. The lowest BCUT2D eigenvalue weighted by atomic mass is 9.60. The summed E-state index contributed by atoms with van der Waals surface area (Å²) >= 11 is 0. The van der Waals surface area contributed by atoms with Gasteiger partial charge in [-0.2, -0.15) is 32.5 Å². The number of fused-ring (bicyclic) bond motifs is 2.